The average Bonchev–Trinajstić information content (AvgIpc) is 2.67. The molecule has 0 radical (unpaired) electrons. The number of fused-ring (bicyclic) bond motifs is 2. The number of amides is 1. The molecule has 3 N–H and O–H groups in total. The molecule has 0 spiro atoms. The predicted molar refractivity (Wildman–Crippen MR) is 110 cm³/mol. The van der Waals surface area contributed by atoms with E-state index >= 15 is 0 Å². The number of para-hydroxylation sites is 1. The van der Waals surface area contributed by atoms with Crippen molar-refractivity contribution in [3.05, 3.63) is 72.3 Å². The predicted octanol–water partition coefficient (Wildman–Crippen LogP) is 4.79. The molecule has 0 aliphatic carbocycles. The molecule has 1 aromatic heterocycles. The van der Waals surface area contributed by atoms with Gasteiger partial charge >= 0.3 is 5.97 Å². The van der Waals surface area contributed by atoms with Crippen LogP contribution in [-0.4, -0.2) is 22.0 Å². The van der Waals surface area contributed by atoms with Crippen LogP contribution in [0.3, 0.4) is 0 Å². The van der Waals surface area contributed by atoms with Crippen LogP contribution in [0, 0.1) is 0 Å². The second-order valence-electron chi connectivity index (χ2n) is 6.42. The highest BCUT2D eigenvalue weighted by Crippen LogP contribution is 2.34. The minimum absolute atomic E-state index is 0.142. The Kier molecular flexibility index (Phi) is 4.37. The maximum Gasteiger partial charge on any atom is 0.335 e. The Labute approximate surface area is 160 Å². The molecule has 1 amide bonds. The van der Waals surface area contributed by atoms with Gasteiger partial charge in [-0.2, -0.15) is 0 Å². The first-order chi connectivity index (χ1) is 13.5. The van der Waals surface area contributed by atoms with Crippen LogP contribution in [0.25, 0.3) is 21.8 Å². The second kappa shape index (κ2) is 7.00. The normalized spacial score (nSPS) is 10.8. The smallest absolute Gasteiger partial charge is 0.335 e. The van der Waals surface area contributed by atoms with E-state index in [-0.39, 0.29) is 11.5 Å². The van der Waals surface area contributed by atoms with Gasteiger partial charge in [0.1, 0.15) is 0 Å². The molecular formula is C22H17N3O3. The Bertz CT molecular complexity index is 1220. The molecule has 0 atom stereocenters. The minimum Gasteiger partial charge on any atom is -0.478 e. The number of aromatic nitrogens is 1. The first-order valence-corrected chi connectivity index (χ1v) is 8.72. The van der Waals surface area contributed by atoms with Gasteiger partial charge in [-0.25, -0.2) is 9.78 Å². The monoisotopic (exact) mass is 371 g/mol. The highest BCUT2D eigenvalue weighted by atomic mass is 16.4. The largest absolute Gasteiger partial charge is 0.478 e. The topological polar surface area (TPSA) is 91.3 Å². The number of nitrogens with one attached hydrogen (secondary N) is 2. The van der Waals surface area contributed by atoms with E-state index in [4.69, 9.17) is 10.1 Å². The summed E-state index contributed by atoms with van der Waals surface area (Å²) in [5.74, 6) is -1.10. The summed E-state index contributed by atoms with van der Waals surface area (Å²) in [6, 6.07) is 19.9. The number of carboxylic acid groups (broad SMARTS) is 1. The maximum atomic E-state index is 11.4. The number of hydrogen-bond acceptors (Lipinski definition) is 4. The molecule has 0 aliphatic rings. The zero-order chi connectivity index (χ0) is 19.7. The number of hydrogen-bond donors (Lipinski definition) is 3. The molecule has 28 heavy (non-hydrogen) atoms. The quantitative estimate of drug-likeness (QED) is 0.449. The molecule has 3 aromatic carbocycles. The second-order valence-corrected chi connectivity index (χ2v) is 6.42. The van der Waals surface area contributed by atoms with Crippen molar-refractivity contribution in [1.29, 1.82) is 0 Å². The van der Waals surface area contributed by atoms with E-state index in [2.05, 4.69) is 10.6 Å². The Morgan fingerprint density at radius 1 is 0.857 bits per heavy atom. The summed E-state index contributed by atoms with van der Waals surface area (Å²) in [5.41, 5.74) is 4.12. The van der Waals surface area contributed by atoms with Crippen LogP contribution < -0.4 is 10.6 Å². The van der Waals surface area contributed by atoms with Crippen molar-refractivity contribution >= 4 is 50.7 Å². The van der Waals surface area contributed by atoms with Gasteiger partial charge < -0.3 is 15.7 Å². The highest BCUT2D eigenvalue weighted by molar-refractivity contribution is 6.09. The van der Waals surface area contributed by atoms with E-state index in [1.807, 2.05) is 42.5 Å². The van der Waals surface area contributed by atoms with Crippen LogP contribution in [0.5, 0.6) is 0 Å². The van der Waals surface area contributed by atoms with Crippen molar-refractivity contribution in [3.63, 3.8) is 0 Å². The van der Waals surface area contributed by atoms with Gasteiger partial charge in [0.2, 0.25) is 5.91 Å². The third-order valence-corrected chi connectivity index (χ3v) is 4.40. The molecular weight excluding hydrogens is 354 g/mol. The first-order valence-electron chi connectivity index (χ1n) is 8.72. The summed E-state index contributed by atoms with van der Waals surface area (Å²) in [6.07, 6.45) is 0. The summed E-state index contributed by atoms with van der Waals surface area (Å²) >= 11 is 0. The van der Waals surface area contributed by atoms with E-state index < -0.39 is 5.97 Å². The third kappa shape index (κ3) is 3.35. The zero-order valence-corrected chi connectivity index (χ0v) is 15.1. The molecule has 0 fully saturated rings. The summed E-state index contributed by atoms with van der Waals surface area (Å²) < 4.78 is 0. The van der Waals surface area contributed by atoms with Gasteiger partial charge in [-0.15, -0.1) is 0 Å². The van der Waals surface area contributed by atoms with E-state index in [0.717, 1.165) is 33.2 Å². The molecule has 6 nitrogen and oxygen atoms in total. The van der Waals surface area contributed by atoms with Gasteiger partial charge in [-0.3, -0.25) is 4.79 Å². The molecule has 0 bridgehead atoms. The Hall–Kier alpha value is -3.93. The third-order valence-electron chi connectivity index (χ3n) is 4.40. The number of carboxylic acids is 1. The fourth-order valence-corrected chi connectivity index (χ4v) is 3.15. The number of benzene rings is 3. The Morgan fingerprint density at radius 3 is 2.25 bits per heavy atom. The number of carbonyl (C=O) groups is 2. The van der Waals surface area contributed by atoms with Crippen LogP contribution in [0.2, 0.25) is 0 Å². The molecule has 0 unspecified atom stereocenters. The van der Waals surface area contributed by atoms with Crippen molar-refractivity contribution in [2.45, 2.75) is 6.92 Å². The van der Waals surface area contributed by atoms with Gasteiger partial charge in [0.25, 0.3) is 0 Å². The molecule has 0 saturated carbocycles. The number of aromatic carboxylic acids is 1. The van der Waals surface area contributed by atoms with Crippen molar-refractivity contribution in [3.8, 4) is 0 Å². The van der Waals surface area contributed by atoms with E-state index in [9.17, 15) is 9.59 Å². The molecule has 4 aromatic rings. The van der Waals surface area contributed by atoms with Gasteiger partial charge in [0.15, 0.2) is 0 Å². The highest BCUT2D eigenvalue weighted by Gasteiger charge is 2.11. The Balaban J connectivity index is 1.86. The lowest BCUT2D eigenvalue weighted by atomic mass is 10.1. The number of pyridine rings is 1. The van der Waals surface area contributed by atoms with Crippen LogP contribution in [-0.2, 0) is 4.79 Å². The fraction of sp³-hybridized carbons (Fsp3) is 0.0455. The summed E-state index contributed by atoms with van der Waals surface area (Å²) in [4.78, 5) is 27.1. The van der Waals surface area contributed by atoms with Crippen LogP contribution in [0.1, 0.15) is 17.3 Å². The van der Waals surface area contributed by atoms with Crippen molar-refractivity contribution < 1.29 is 14.7 Å². The van der Waals surface area contributed by atoms with Gasteiger partial charge in [-0.05, 0) is 48.5 Å². The van der Waals surface area contributed by atoms with Gasteiger partial charge in [0, 0.05) is 29.1 Å². The van der Waals surface area contributed by atoms with Gasteiger partial charge in [-0.1, -0.05) is 18.2 Å². The van der Waals surface area contributed by atoms with Crippen LogP contribution >= 0.6 is 0 Å². The van der Waals surface area contributed by atoms with Crippen molar-refractivity contribution in [2.24, 2.45) is 0 Å². The zero-order valence-electron chi connectivity index (χ0n) is 15.1. The van der Waals surface area contributed by atoms with E-state index in [0.29, 0.717) is 5.69 Å². The van der Waals surface area contributed by atoms with Crippen molar-refractivity contribution in [1.82, 2.24) is 4.98 Å². The standard InChI is InChI=1S/C22H17N3O3/c1-13(26)23-16-10-11-18-20(12-16)25-19-5-3-2-4-17(19)21(18)24-15-8-6-14(7-9-15)22(27)28/h2-12H,1H3,(H,23,26)(H,24,25)(H,27,28). The number of rotatable bonds is 4. The van der Waals surface area contributed by atoms with Crippen LogP contribution in [0.15, 0.2) is 66.7 Å². The lowest BCUT2D eigenvalue weighted by Crippen LogP contribution is -2.05. The number of anilines is 3. The Morgan fingerprint density at radius 2 is 1.54 bits per heavy atom. The number of carbonyl (C=O) groups excluding carboxylic acids is 1. The van der Waals surface area contributed by atoms with Crippen LogP contribution in [0.4, 0.5) is 17.1 Å². The lowest BCUT2D eigenvalue weighted by molar-refractivity contribution is -0.114. The SMILES string of the molecule is CC(=O)Nc1ccc2c(Nc3ccc(C(=O)O)cc3)c3ccccc3nc2c1. The fourth-order valence-electron chi connectivity index (χ4n) is 3.15. The molecule has 0 saturated heterocycles. The summed E-state index contributed by atoms with van der Waals surface area (Å²) in [5, 5.41) is 17.1. The van der Waals surface area contributed by atoms with Gasteiger partial charge in [0.05, 0.1) is 22.3 Å². The summed E-state index contributed by atoms with van der Waals surface area (Å²) in [6.45, 7) is 1.46. The van der Waals surface area contributed by atoms with E-state index in [1.165, 1.54) is 6.92 Å². The molecule has 4 rings (SSSR count). The minimum atomic E-state index is -0.961. The maximum absolute atomic E-state index is 11.4. The first kappa shape index (κ1) is 17.5. The van der Waals surface area contributed by atoms with E-state index in [1.54, 1.807) is 24.3 Å². The lowest BCUT2D eigenvalue weighted by Gasteiger charge is -2.14. The number of nitrogens with zero attached hydrogens (tertiary/aromatic N) is 1. The molecule has 1 heterocycles. The average molecular weight is 371 g/mol. The van der Waals surface area contributed by atoms with Crippen molar-refractivity contribution in [2.75, 3.05) is 10.6 Å². The molecule has 0 aliphatic heterocycles. The molecule has 138 valence electrons. The summed E-state index contributed by atoms with van der Waals surface area (Å²) in [7, 11) is 0. The molecule has 6 heteroatoms.